The lowest BCUT2D eigenvalue weighted by atomic mass is 10.1. The number of rotatable bonds is 3. The molecular formula is C14H15N3O. The molecule has 0 atom stereocenters. The number of nitrogens with zero attached hydrogens (tertiary/aromatic N) is 1. The van der Waals surface area contributed by atoms with Gasteiger partial charge in [0.25, 0.3) is 0 Å². The van der Waals surface area contributed by atoms with E-state index in [9.17, 15) is 0 Å². The van der Waals surface area contributed by atoms with Crippen molar-refractivity contribution < 1.29 is 4.74 Å². The molecule has 0 fully saturated rings. The summed E-state index contributed by atoms with van der Waals surface area (Å²) in [7, 11) is 0. The third-order valence-corrected chi connectivity index (χ3v) is 2.80. The Morgan fingerprint density at radius 1 is 1.22 bits per heavy atom. The average molecular weight is 241 g/mol. The molecule has 2 rings (SSSR count). The van der Waals surface area contributed by atoms with Gasteiger partial charge in [0, 0.05) is 0 Å². The Bertz CT molecular complexity index is 576. The fourth-order valence-electron chi connectivity index (χ4n) is 1.56. The Morgan fingerprint density at radius 3 is 2.61 bits per heavy atom. The zero-order valence-electron chi connectivity index (χ0n) is 10.4. The smallest absolute Gasteiger partial charge is 0.145 e. The van der Waals surface area contributed by atoms with E-state index in [1.165, 1.54) is 5.56 Å². The van der Waals surface area contributed by atoms with E-state index in [-0.39, 0.29) is 5.84 Å². The van der Waals surface area contributed by atoms with Gasteiger partial charge in [-0.15, -0.1) is 0 Å². The number of amidine groups is 1. The number of aromatic nitrogens is 1. The number of nitrogen functional groups attached to an aromatic ring is 1. The number of benzene rings is 1. The van der Waals surface area contributed by atoms with Crippen molar-refractivity contribution in [3.63, 3.8) is 0 Å². The van der Waals surface area contributed by atoms with Gasteiger partial charge in [0.2, 0.25) is 0 Å². The largest absolute Gasteiger partial charge is 0.455 e. The SMILES string of the molecule is Cc1cccc(Oc2ccc(C(=N)N)nc2)c1C. The van der Waals surface area contributed by atoms with Gasteiger partial charge in [-0.3, -0.25) is 5.41 Å². The predicted octanol–water partition coefficient (Wildman–Crippen LogP) is 2.77. The highest BCUT2D eigenvalue weighted by molar-refractivity contribution is 5.92. The van der Waals surface area contributed by atoms with Crippen LogP contribution in [0.1, 0.15) is 16.8 Å². The molecular weight excluding hydrogens is 226 g/mol. The molecule has 1 aromatic heterocycles. The van der Waals surface area contributed by atoms with E-state index in [1.807, 2.05) is 32.0 Å². The van der Waals surface area contributed by atoms with Gasteiger partial charge in [-0.1, -0.05) is 12.1 Å². The van der Waals surface area contributed by atoms with Crippen molar-refractivity contribution in [3.05, 3.63) is 53.3 Å². The summed E-state index contributed by atoms with van der Waals surface area (Å²) < 4.78 is 5.75. The van der Waals surface area contributed by atoms with E-state index in [4.69, 9.17) is 15.9 Å². The average Bonchev–Trinajstić information content (AvgIpc) is 2.36. The fraction of sp³-hybridized carbons (Fsp3) is 0.143. The van der Waals surface area contributed by atoms with Gasteiger partial charge < -0.3 is 10.5 Å². The summed E-state index contributed by atoms with van der Waals surface area (Å²) in [5.74, 6) is 1.40. The summed E-state index contributed by atoms with van der Waals surface area (Å²) >= 11 is 0. The third-order valence-electron chi connectivity index (χ3n) is 2.80. The van der Waals surface area contributed by atoms with Crippen molar-refractivity contribution >= 4 is 5.84 Å². The molecule has 0 aliphatic carbocycles. The molecule has 4 nitrogen and oxygen atoms in total. The van der Waals surface area contributed by atoms with Crippen molar-refractivity contribution in [1.82, 2.24) is 4.98 Å². The standard InChI is InChI=1S/C14H15N3O/c1-9-4-3-5-13(10(9)2)18-11-6-7-12(14(15)16)17-8-11/h3-8H,1-2H3,(H3,15,16). The number of hydrogen-bond donors (Lipinski definition) is 2. The number of nitrogens with one attached hydrogen (secondary N) is 1. The maximum absolute atomic E-state index is 7.26. The molecule has 0 saturated carbocycles. The molecule has 1 aromatic carbocycles. The molecule has 1 heterocycles. The van der Waals surface area contributed by atoms with Gasteiger partial charge in [0.05, 0.1) is 6.20 Å². The Kier molecular flexibility index (Phi) is 3.28. The highest BCUT2D eigenvalue weighted by Gasteiger charge is 2.04. The van der Waals surface area contributed by atoms with Crippen LogP contribution in [0.4, 0.5) is 0 Å². The maximum Gasteiger partial charge on any atom is 0.145 e. The second kappa shape index (κ2) is 4.87. The topological polar surface area (TPSA) is 72.0 Å². The molecule has 92 valence electrons. The van der Waals surface area contributed by atoms with Gasteiger partial charge >= 0.3 is 0 Å². The maximum atomic E-state index is 7.26. The number of hydrogen-bond acceptors (Lipinski definition) is 3. The van der Waals surface area contributed by atoms with Crippen LogP contribution >= 0.6 is 0 Å². The minimum Gasteiger partial charge on any atom is -0.455 e. The van der Waals surface area contributed by atoms with Gasteiger partial charge in [-0.25, -0.2) is 4.98 Å². The zero-order chi connectivity index (χ0) is 13.1. The first-order valence-electron chi connectivity index (χ1n) is 5.62. The van der Waals surface area contributed by atoms with Crippen LogP contribution in [-0.2, 0) is 0 Å². The highest BCUT2D eigenvalue weighted by Crippen LogP contribution is 2.26. The van der Waals surface area contributed by atoms with E-state index >= 15 is 0 Å². The number of pyridine rings is 1. The van der Waals surface area contributed by atoms with Gasteiger partial charge in [0.15, 0.2) is 0 Å². The lowest BCUT2D eigenvalue weighted by Gasteiger charge is -2.10. The first-order valence-corrected chi connectivity index (χ1v) is 5.62. The quantitative estimate of drug-likeness (QED) is 0.641. The van der Waals surface area contributed by atoms with Crippen molar-refractivity contribution in [1.29, 1.82) is 5.41 Å². The van der Waals surface area contributed by atoms with Crippen LogP contribution in [0.25, 0.3) is 0 Å². The number of aryl methyl sites for hydroxylation is 1. The van der Waals surface area contributed by atoms with Crippen LogP contribution in [0.2, 0.25) is 0 Å². The minimum absolute atomic E-state index is 0.0479. The van der Waals surface area contributed by atoms with Gasteiger partial charge in [-0.2, -0.15) is 0 Å². The van der Waals surface area contributed by atoms with Crippen molar-refractivity contribution in [2.24, 2.45) is 5.73 Å². The van der Waals surface area contributed by atoms with Crippen LogP contribution in [0.5, 0.6) is 11.5 Å². The number of nitrogens with two attached hydrogens (primary N) is 1. The summed E-state index contributed by atoms with van der Waals surface area (Å²) in [5.41, 5.74) is 8.07. The summed E-state index contributed by atoms with van der Waals surface area (Å²) in [6.45, 7) is 4.06. The van der Waals surface area contributed by atoms with Crippen molar-refractivity contribution in [2.45, 2.75) is 13.8 Å². The van der Waals surface area contributed by atoms with Crippen LogP contribution in [0.3, 0.4) is 0 Å². The molecule has 18 heavy (non-hydrogen) atoms. The second-order valence-corrected chi connectivity index (χ2v) is 4.09. The predicted molar refractivity (Wildman–Crippen MR) is 71.2 cm³/mol. The van der Waals surface area contributed by atoms with Crippen LogP contribution in [0, 0.1) is 19.3 Å². The lowest BCUT2D eigenvalue weighted by Crippen LogP contribution is -2.12. The number of ether oxygens (including phenoxy) is 1. The summed E-state index contributed by atoms with van der Waals surface area (Å²) in [4.78, 5) is 4.05. The molecule has 0 saturated heterocycles. The Hall–Kier alpha value is -2.36. The second-order valence-electron chi connectivity index (χ2n) is 4.09. The molecule has 4 heteroatoms. The summed E-state index contributed by atoms with van der Waals surface area (Å²) in [6, 6.07) is 9.34. The molecule has 0 aliphatic heterocycles. The van der Waals surface area contributed by atoms with E-state index in [1.54, 1.807) is 18.3 Å². The first-order chi connectivity index (χ1) is 8.58. The molecule has 2 aromatic rings. The monoisotopic (exact) mass is 241 g/mol. The van der Waals surface area contributed by atoms with Crippen molar-refractivity contribution in [2.75, 3.05) is 0 Å². The van der Waals surface area contributed by atoms with Gasteiger partial charge in [-0.05, 0) is 43.2 Å². The Morgan fingerprint density at radius 2 is 2.00 bits per heavy atom. The van der Waals surface area contributed by atoms with Crippen LogP contribution < -0.4 is 10.5 Å². The Balaban J connectivity index is 2.24. The van der Waals surface area contributed by atoms with Crippen LogP contribution in [0.15, 0.2) is 36.5 Å². The Labute approximate surface area is 106 Å². The fourth-order valence-corrected chi connectivity index (χ4v) is 1.56. The molecule has 0 unspecified atom stereocenters. The van der Waals surface area contributed by atoms with Crippen LogP contribution in [-0.4, -0.2) is 10.8 Å². The van der Waals surface area contributed by atoms with Gasteiger partial charge in [0.1, 0.15) is 23.0 Å². The first kappa shape index (κ1) is 12.1. The third kappa shape index (κ3) is 2.48. The molecule has 3 N–H and O–H groups in total. The van der Waals surface area contributed by atoms with E-state index in [2.05, 4.69) is 4.98 Å². The van der Waals surface area contributed by atoms with E-state index < -0.39 is 0 Å². The summed E-state index contributed by atoms with van der Waals surface area (Å²) in [6.07, 6.45) is 1.57. The molecule has 0 aliphatic rings. The minimum atomic E-state index is -0.0479. The molecule has 0 amide bonds. The molecule has 0 bridgehead atoms. The van der Waals surface area contributed by atoms with E-state index in [0.717, 1.165) is 11.3 Å². The zero-order valence-corrected chi connectivity index (χ0v) is 10.4. The normalized spacial score (nSPS) is 10.1. The van der Waals surface area contributed by atoms with Crippen molar-refractivity contribution in [3.8, 4) is 11.5 Å². The summed E-state index contributed by atoms with van der Waals surface area (Å²) in [5, 5.41) is 7.26. The van der Waals surface area contributed by atoms with E-state index in [0.29, 0.717) is 11.4 Å². The molecule has 0 radical (unpaired) electrons. The molecule has 0 spiro atoms. The lowest BCUT2D eigenvalue weighted by molar-refractivity contribution is 0.476. The highest BCUT2D eigenvalue weighted by atomic mass is 16.5.